The van der Waals surface area contributed by atoms with Crippen molar-refractivity contribution < 1.29 is 9.53 Å². The molecule has 0 aromatic heterocycles. The van der Waals surface area contributed by atoms with Crippen molar-refractivity contribution in [2.45, 2.75) is 13.5 Å². The van der Waals surface area contributed by atoms with E-state index in [1.54, 1.807) is 6.92 Å². The van der Waals surface area contributed by atoms with Crippen LogP contribution in [0.1, 0.15) is 18.1 Å². The zero-order valence-electron chi connectivity index (χ0n) is 8.62. The highest BCUT2D eigenvalue weighted by Crippen LogP contribution is 2.02. The Hall–Kier alpha value is -1.79. The fourth-order valence-electron chi connectivity index (χ4n) is 1.07. The van der Waals surface area contributed by atoms with Crippen molar-refractivity contribution in [1.29, 1.82) is 0 Å². The van der Waals surface area contributed by atoms with Gasteiger partial charge in [0, 0.05) is 18.0 Å². The van der Waals surface area contributed by atoms with Crippen LogP contribution in [0.25, 0.3) is 0 Å². The molecule has 0 saturated carbocycles. The molecule has 0 bridgehead atoms. The van der Waals surface area contributed by atoms with Crippen LogP contribution in [0.3, 0.4) is 0 Å². The third kappa shape index (κ3) is 3.84. The van der Waals surface area contributed by atoms with Crippen molar-refractivity contribution in [3.8, 4) is 11.8 Å². The van der Waals surface area contributed by atoms with Gasteiger partial charge in [-0.1, -0.05) is 18.1 Å². The van der Waals surface area contributed by atoms with Crippen LogP contribution >= 0.6 is 0 Å². The van der Waals surface area contributed by atoms with Gasteiger partial charge in [-0.3, -0.25) is 0 Å². The van der Waals surface area contributed by atoms with Crippen LogP contribution in [0, 0.1) is 11.8 Å². The summed E-state index contributed by atoms with van der Waals surface area (Å²) < 4.78 is 4.68. The van der Waals surface area contributed by atoms with E-state index < -0.39 is 5.97 Å². The molecule has 0 amide bonds. The normalized spacial score (nSPS) is 8.93. The van der Waals surface area contributed by atoms with Gasteiger partial charge in [0.2, 0.25) is 0 Å². The molecule has 0 atom stereocenters. The lowest BCUT2D eigenvalue weighted by Crippen LogP contribution is -1.99. The Balaban J connectivity index is 2.75. The minimum absolute atomic E-state index is 0.344. The van der Waals surface area contributed by atoms with Gasteiger partial charge < -0.3 is 10.5 Å². The standard InChI is InChI=1S/C12H13NO2/c1-2-15-12(14)7-6-10-4-3-5-11(8-10)9-13/h3-5,8H,2,9,13H2,1H3. The van der Waals surface area contributed by atoms with Crippen molar-refractivity contribution in [3.05, 3.63) is 35.4 Å². The summed E-state index contributed by atoms with van der Waals surface area (Å²) in [7, 11) is 0. The zero-order chi connectivity index (χ0) is 11.1. The van der Waals surface area contributed by atoms with Crippen LogP contribution in [0.2, 0.25) is 0 Å². The van der Waals surface area contributed by atoms with E-state index in [0.717, 1.165) is 11.1 Å². The molecule has 0 saturated heterocycles. The van der Waals surface area contributed by atoms with Crippen LogP contribution < -0.4 is 5.73 Å². The van der Waals surface area contributed by atoms with Crippen LogP contribution in [0.5, 0.6) is 0 Å². The second-order valence-corrected chi connectivity index (χ2v) is 2.87. The molecule has 0 spiro atoms. The quantitative estimate of drug-likeness (QED) is 0.577. The number of hydrogen-bond acceptors (Lipinski definition) is 3. The van der Waals surface area contributed by atoms with Crippen molar-refractivity contribution in [1.82, 2.24) is 0 Å². The summed E-state index contributed by atoms with van der Waals surface area (Å²) in [5.74, 6) is 4.62. The van der Waals surface area contributed by atoms with Gasteiger partial charge >= 0.3 is 5.97 Å². The highest BCUT2D eigenvalue weighted by Gasteiger charge is 1.94. The summed E-state index contributed by atoms with van der Waals surface area (Å²) in [5.41, 5.74) is 7.24. The number of carbonyl (C=O) groups is 1. The lowest BCUT2D eigenvalue weighted by Gasteiger charge is -1.96. The zero-order valence-corrected chi connectivity index (χ0v) is 8.62. The number of benzene rings is 1. The average Bonchev–Trinajstić information content (AvgIpc) is 2.27. The third-order valence-electron chi connectivity index (χ3n) is 1.75. The maximum absolute atomic E-state index is 11.0. The van der Waals surface area contributed by atoms with Crippen molar-refractivity contribution in [2.24, 2.45) is 5.73 Å². The maximum Gasteiger partial charge on any atom is 0.384 e. The Bertz CT molecular complexity index is 402. The molecule has 78 valence electrons. The van der Waals surface area contributed by atoms with E-state index in [4.69, 9.17) is 5.73 Å². The Morgan fingerprint density at radius 1 is 1.53 bits per heavy atom. The molecule has 0 aliphatic carbocycles. The summed E-state index contributed by atoms with van der Waals surface area (Å²) in [6, 6.07) is 7.45. The average molecular weight is 203 g/mol. The first-order chi connectivity index (χ1) is 7.26. The van der Waals surface area contributed by atoms with Gasteiger partial charge in [0.15, 0.2) is 0 Å². The van der Waals surface area contributed by atoms with E-state index in [2.05, 4.69) is 16.6 Å². The molecule has 1 rings (SSSR count). The maximum atomic E-state index is 11.0. The molecule has 3 heteroatoms. The third-order valence-corrected chi connectivity index (χ3v) is 1.75. The molecular formula is C12H13NO2. The SMILES string of the molecule is CCOC(=O)C#Cc1cccc(CN)c1. The molecule has 0 fully saturated rings. The number of rotatable bonds is 2. The lowest BCUT2D eigenvalue weighted by atomic mass is 10.1. The van der Waals surface area contributed by atoms with Gasteiger partial charge in [-0.2, -0.15) is 0 Å². The van der Waals surface area contributed by atoms with Crippen LogP contribution in [-0.4, -0.2) is 12.6 Å². The number of ether oxygens (including phenoxy) is 1. The Morgan fingerprint density at radius 2 is 2.33 bits per heavy atom. The van der Waals surface area contributed by atoms with E-state index in [1.165, 1.54) is 0 Å². The van der Waals surface area contributed by atoms with E-state index in [0.29, 0.717) is 13.2 Å². The Morgan fingerprint density at radius 3 is 3.00 bits per heavy atom. The van der Waals surface area contributed by atoms with Gasteiger partial charge in [0.1, 0.15) is 0 Å². The van der Waals surface area contributed by atoms with Crippen molar-refractivity contribution >= 4 is 5.97 Å². The van der Waals surface area contributed by atoms with E-state index in [-0.39, 0.29) is 0 Å². The van der Waals surface area contributed by atoms with Crippen LogP contribution in [0.15, 0.2) is 24.3 Å². The smallest absolute Gasteiger partial charge is 0.384 e. The summed E-state index contributed by atoms with van der Waals surface area (Å²) in [5, 5.41) is 0. The van der Waals surface area contributed by atoms with Gasteiger partial charge in [-0.15, -0.1) is 0 Å². The fraction of sp³-hybridized carbons (Fsp3) is 0.250. The minimum Gasteiger partial charge on any atom is -0.456 e. The largest absolute Gasteiger partial charge is 0.456 e. The van der Waals surface area contributed by atoms with Crippen molar-refractivity contribution in [3.63, 3.8) is 0 Å². The molecule has 0 heterocycles. The predicted octanol–water partition coefficient (Wildman–Crippen LogP) is 1.06. The van der Waals surface area contributed by atoms with Gasteiger partial charge in [0.05, 0.1) is 6.61 Å². The predicted molar refractivity (Wildman–Crippen MR) is 57.8 cm³/mol. The Kier molecular flexibility index (Phi) is 4.39. The monoisotopic (exact) mass is 203 g/mol. The molecular weight excluding hydrogens is 190 g/mol. The highest BCUT2D eigenvalue weighted by atomic mass is 16.5. The lowest BCUT2D eigenvalue weighted by molar-refractivity contribution is -0.136. The Labute approximate surface area is 89.2 Å². The summed E-state index contributed by atoms with van der Waals surface area (Å²) in [4.78, 5) is 11.0. The van der Waals surface area contributed by atoms with E-state index in [1.807, 2.05) is 24.3 Å². The van der Waals surface area contributed by atoms with Gasteiger partial charge in [-0.05, 0) is 24.6 Å². The molecule has 0 unspecified atom stereocenters. The topological polar surface area (TPSA) is 52.3 Å². The molecule has 3 nitrogen and oxygen atoms in total. The summed E-state index contributed by atoms with van der Waals surface area (Å²) >= 11 is 0. The van der Waals surface area contributed by atoms with Crippen LogP contribution in [0.4, 0.5) is 0 Å². The fourth-order valence-corrected chi connectivity index (χ4v) is 1.07. The molecule has 0 aliphatic rings. The number of carbonyl (C=O) groups excluding carboxylic acids is 1. The first-order valence-electron chi connectivity index (χ1n) is 4.74. The minimum atomic E-state index is -0.504. The number of nitrogens with two attached hydrogens (primary N) is 1. The highest BCUT2D eigenvalue weighted by molar-refractivity contribution is 5.89. The first-order valence-corrected chi connectivity index (χ1v) is 4.74. The van der Waals surface area contributed by atoms with Gasteiger partial charge in [-0.25, -0.2) is 4.79 Å². The van der Waals surface area contributed by atoms with E-state index >= 15 is 0 Å². The van der Waals surface area contributed by atoms with E-state index in [9.17, 15) is 4.79 Å². The number of esters is 1. The second-order valence-electron chi connectivity index (χ2n) is 2.87. The molecule has 0 radical (unpaired) electrons. The molecule has 15 heavy (non-hydrogen) atoms. The summed E-state index contributed by atoms with van der Waals surface area (Å²) in [6.07, 6.45) is 0. The molecule has 2 N–H and O–H groups in total. The van der Waals surface area contributed by atoms with Gasteiger partial charge in [0.25, 0.3) is 0 Å². The second kappa shape index (κ2) is 5.84. The molecule has 1 aromatic carbocycles. The van der Waals surface area contributed by atoms with Crippen LogP contribution in [-0.2, 0) is 16.1 Å². The molecule has 1 aromatic rings. The van der Waals surface area contributed by atoms with Crippen molar-refractivity contribution in [2.75, 3.05) is 6.61 Å². The summed E-state index contributed by atoms with van der Waals surface area (Å²) in [6.45, 7) is 2.56. The number of hydrogen-bond donors (Lipinski definition) is 1. The molecule has 0 aliphatic heterocycles. The first kappa shape index (κ1) is 11.3.